The van der Waals surface area contributed by atoms with Gasteiger partial charge >= 0.3 is 11.9 Å². The largest absolute Gasteiger partial charge is 0.465 e. The van der Waals surface area contributed by atoms with Crippen LogP contribution in [0.1, 0.15) is 27.6 Å². The lowest BCUT2D eigenvalue weighted by Crippen LogP contribution is -2.15. The van der Waals surface area contributed by atoms with Crippen molar-refractivity contribution in [3.63, 3.8) is 0 Å². The quantitative estimate of drug-likeness (QED) is 0.805. The lowest BCUT2D eigenvalue weighted by Gasteiger charge is -2.09. The summed E-state index contributed by atoms with van der Waals surface area (Å²) in [6, 6.07) is 2.39. The zero-order valence-electron chi connectivity index (χ0n) is 9.25. The molecule has 0 aliphatic rings. The molecule has 17 heavy (non-hydrogen) atoms. The van der Waals surface area contributed by atoms with Gasteiger partial charge < -0.3 is 9.47 Å². The number of benzene rings is 1. The first-order valence-corrected chi connectivity index (χ1v) is 5.55. The van der Waals surface area contributed by atoms with Gasteiger partial charge in [-0.2, -0.15) is 0 Å². The smallest absolute Gasteiger partial charge is 0.342 e. The average molecular weight is 305 g/mol. The molecule has 0 aliphatic carbocycles. The SMILES string of the molecule is CCOC(=O)c1c(F)cc(Br)cc1C(=O)OC. The van der Waals surface area contributed by atoms with Crippen molar-refractivity contribution in [2.24, 2.45) is 0 Å². The molecule has 1 aromatic carbocycles. The molecule has 0 aliphatic heterocycles. The van der Waals surface area contributed by atoms with E-state index in [0.717, 1.165) is 13.2 Å². The highest BCUT2D eigenvalue weighted by atomic mass is 79.9. The third-order valence-electron chi connectivity index (χ3n) is 1.94. The minimum Gasteiger partial charge on any atom is -0.465 e. The molecule has 92 valence electrons. The third kappa shape index (κ3) is 3.03. The predicted octanol–water partition coefficient (Wildman–Crippen LogP) is 2.55. The highest BCUT2D eigenvalue weighted by molar-refractivity contribution is 9.10. The Labute approximate surface area is 106 Å². The van der Waals surface area contributed by atoms with Crippen molar-refractivity contribution in [3.05, 3.63) is 33.5 Å². The molecule has 4 nitrogen and oxygen atoms in total. The van der Waals surface area contributed by atoms with Crippen LogP contribution in [-0.4, -0.2) is 25.7 Å². The maximum absolute atomic E-state index is 13.6. The van der Waals surface area contributed by atoms with E-state index in [-0.39, 0.29) is 12.2 Å². The van der Waals surface area contributed by atoms with E-state index in [1.54, 1.807) is 6.92 Å². The van der Waals surface area contributed by atoms with E-state index in [0.29, 0.717) is 4.47 Å². The van der Waals surface area contributed by atoms with Gasteiger partial charge in [-0.05, 0) is 19.1 Å². The summed E-state index contributed by atoms with van der Waals surface area (Å²) in [6.07, 6.45) is 0. The standard InChI is InChI=1S/C11H10BrFO4/c1-3-17-11(15)9-7(10(14)16-2)4-6(12)5-8(9)13/h4-5H,3H2,1-2H3. The molecular weight excluding hydrogens is 295 g/mol. The van der Waals surface area contributed by atoms with Crippen molar-refractivity contribution in [3.8, 4) is 0 Å². The number of esters is 2. The van der Waals surface area contributed by atoms with Crippen molar-refractivity contribution in [1.82, 2.24) is 0 Å². The van der Waals surface area contributed by atoms with Gasteiger partial charge in [-0.3, -0.25) is 0 Å². The number of carbonyl (C=O) groups excluding carboxylic acids is 2. The van der Waals surface area contributed by atoms with E-state index in [1.807, 2.05) is 0 Å². The highest BCUT2D eigenvalue weighted by Crippen LogP contribution is 2.22. The van der Waals surface area contributed by atoms with Gasteiger partial charge in [0.15, 0.2) is 0 Å². The van der Waals surface area contributed by atoms with E-state index in [2.05, 4.69) is 25.4 Å². The number of hydrogen-bond acceptors (Lipinski definition) is 4. The molecule has 0 radical (unpaired) electrons. The minimum absolute atomic E-state index is 0.0922. The number of hydrogen-bond donors (Lipinski definition) is 0. The van der Waals surface area contributed by atoms with Crippen molar-refractivity contribution < 1.29 is 23.5 Å². The van der Waals surface area contributed by atoms with Crippen molar-refractivity contribution in [1.29, 1.82) is 0 Å². The van der Waals surface area contributed by atoms with Crippen LogP contribution >= 0.6 is 15.9 Å². The first kappa shape index (κ1) is 13.6. The Kier molecular flexibility index (Phi) is 4.62. The Hall–Kier alpha value is -1.43. The summed E-state index contributed by atoms with van der Waals surface area (Å²) in [6.45, 7) is 1.68. The number of methoxy groups -OCH3 is 1. The molecule has 0 unspecified atom stereocenters. The van der Waals surface area contributed by atoms with Gasteiger partial charge in [0.25, 0.3) is 0 Å². The molecule has 0 atom stereocenters. The molecule has 0 saturated heterocycles. The van der Waals surface area contributed by atoms with Gasteiger partial charge in [-0.25, -0.2) is 14.0 Å². The molecule has 1 rings (SSSR count). The zero-order valence-corrected chi connectivity index (χ0v) is 10.8. The molecule has 0 heterocycles. The molecule has 0 amide bonds. The lowest BCUT2D eigenvalue weighted by molar-refractivity contribution is 0.0498. The molecule has 0 N–H and O–H groups in total. The molecule has 0 aromatic heterocycles. The molecule has 0 saturated carbocycles. The van der Waals surface area contributed by atoms with Crippen LogP contribution in [0.3, 0.4) is 0 Å². The van der Waals surface area contributed by atoms with Crippen molar-refractivity contribution >= 4 is 27.9 Å². The summed E-state index contributed by atoms with van der Waals surface area (Å²) in [7, 11) is 1.15. The van der Waals surface area contributed by atoms with E-state index >= 15 is 0 Å². The van der Waals surface area contributed by atoms with Crippen LogP contribution in [0.15, 0.2) is 16.6 Å². The lowest BCUT2D eigenvalue weighted by atomic mass is 10.1. The first-order chi connectivity index (χ1) is 8.01. The number of carbonyl (C=O) groups is 2. The molecular formula is C11H10BrFO4. The van der Waals surface area contributed by atoms with Crippen LogP contribution in [0.2, 0.25) is 0 Å². The van der Waals surface area contributed by atoms with Gasteiger partial charge in [0.05, 0.1) is 19.3 Å². The Morgan fingerprint density at radius 3 is 2.53 bits per heavy atom. The fourth-order valence-electron chi connectivity index (χ4n) is 1.26. The molecule has 0 fully saturated rings. The topological polar surface area (TPSA) is 52.6 Å². The van der Waals surface area contributed by atoms with Crippen LogP contribution in [-0.2, 0) is 9.47 Å². The van der Waals surface area contributed by atoms with E-state index in [4.69, 9.17) is 0 Å². The average Bonchev–Trinajstić information content (AvgIpc) is 2.27. The number of halogens is 2. The normalized spacial score (nSPS) is 9.88. The van der Waals surface area contributed by atoms with Crippen LogP contribution in [0.5, 0.6) is 0 Å². The fraction of sp³-hybridized carbons (Fsp3) is 0.273. The van der Waals surface area contributed by atoms with Gasteiger partial charge in [0.1, 0.15) is 11.4 Å². The second-order valence-electron chi connectivity index (χ2n) is 3.02. The fourth-order valence-corrected chi connectivity index (χ4v) is 1.69. The second-order valence-corrected chi connectivity index (χ2v) is 3.94. The van der Waals surface area contributed by atoms with Crippen molar-refractivity contribution in [2.45, 2.75) is 6.92 Å². The zero-order chi connectivity index (χ0) is 13.0. The van der Waals surface area contributed by atoms with Crippen LogP contribution in [0.25, 0.3) is 0 Å². The Morgan fingerprint density at radius 1 is 1.35 bits per heavy atom. The van der Waals surface area contributed by atoms with Gasteiger partial charge in [0.2, 0.25) is 0 Å². The van der Waals surface area contributed by atoms with E-state index < -0.39 is 23.3 Å². The Morgan fingerprint density at radius 2 is 2.00 bits per heavy atom. The maximum atomic E-state index is 13.6. The number of ether oxygens (including phenoxy) is 2. The molecule has 0 bridgehead atoms. The minimum atomic E-state index is -0.891. The summed E-state index contributed by atoms with van der Waals surface area (Å²) < 4.78 is 23.1. The van der Waals surface area contributed by atoms with Crippen LogP contribution in [0.4, 0.5) is 4.39 Å². The van der Waals surface area contributed by atoms with Crippen LogP contribution < -0.4 is 0 Å². The number of rotatable bonds is 3. The van der Waals surface area contributed by atoms with Gasteiger partial charge in [0, 0.05) is 4.47 Å². The highest BCUT2D eigenvalue weighted by Gasteiger charge is 2.23. The predicted molar refractivity (Wildman–Crippen MR) is 61.4 cm³/mol. The van der Waals surface area contributed by atoms with Gasteiger partial charge in [-0.1, -0.05) is 15.9 Å². The van der Waals surface area contributed by atoms with Crippen molar-refractivity contribution in [2.75, 3.05) is 13.7 Å². The molecule has 1 aromatic rings. The third-order valence-corrected chi connectivity index (χ3v) is 2.40. The monoisotopic (exact) mass is 304 g/mol. The summed E-state index contributed by atoms with van der Waals surface area (Å²) >= 11 is 3.03. The summed E-state index contributed by atoms with van der Waals surface area (Å²) in [5.41, 5.74) is -0.584. The Bertz CT molecular complexity index is 459. The summed E-state index contributed by atoms with van der Waals surface area (Å²) in [5, 5.41) is 0. The maximum Gasteiger partial charge on any atom is 0.342 e. The Balaban J connectivity index is 3.35. The van der Waals surface area contributed by atoms with Gasteiger partial charge in [-0.15, -0.1) is 0 Å². The summed E-state index contributed by atoms with van der Waals surface area (Å²) in [5.74, 6) is -2.52. The second kappa shape index (κ2) is 5.77. The van der Waals surface area contributed by atoms with E-state index in [9.17, 15) is 14.0 Å². The molecule has 6 heteroatoms. The van der Waals surface area contributed by atoms with E-state index in [1.165, 1.54) is 6.07 Å². The van der Waals surface area contributed by atoms with Crippen LogP contribution in [0, 0.1) is 5.82 Å². The summed E-state index contributed by atoms with van der Waals surface area (Å²) in [4.78, 5) is 23.0. The molecule has 0 spiro atoms. The first-order valence-electron chi connectivity index (χ1n) is 4.75.